The Morgan fingerprint density at radius 1 is 1.43 bits per heavy atom. The van der Waals surface area contributed by atoms with Gasteiger partial charge in [-0.25, -0.2) is 0 Å². The third-order valence-corrected chi connectivity index (χ3v) is 4.98. The van der Waals surface area contributed by atoms with Gasteiger partial charge in [0.05, 0.1) is 0 Å². The van der Waals surface area contributed by atoms with Gasteiger partial charge in [-0.15, -0.1) is 24.0 Å². The molecule has 1 aliphatic heterocycles. The van der Waals surface area contributed by atoms with Crippen LogP contribution in [0.2, 0.25) is 5.02 Å². The van der Waals surface area contributed by atoms with Crippen LogP contribution in [0.25, 0.3) is 11.4 Å². The van der Waals surface area contributed by atoms with Crippen LogP contribution >= 0.6 is 35.6 Å². The first-order valence-electron chi connectivity index (χ1n) is 9.80. The van der Waals surface area contributed by atoms with E-state index >= 15 is 0 Å². The van der Waals surface area contributed by atoms with Gasteiger partial charge in [-0.05, 0) is 18.6 Å². The van der Waals surface area contributed by atoms with Crippen molar-refractivity contribution < 1.29 is 9.32 Å². The molecule has 1 aromatic heterocycles. The fourth-order valence-electron chi connectivity index (χ4n) is 3.22. The number of carbonyl (C=O) groups excluding carboxylic acids is 1. The molecule has 164 valence electrons. The van der Waals surface area contributed by atoms with Gasteiger partial charge in [-0.2, -0.15) is 4.98 Å². The van der Waals surface area contributed by atoms with E-state index in [1.807, 2.05) is 30.9 Å². The molecule has 2 aromatic rings. The van der Waals surface area contributed by atoms with Gasteiger partial charge < -0.3 is 20.1 Å². The summed E-state index contributed by atoms with van der Waals surface area (Å²) in [5.41, 5.74) is 0.819. The molecule has 1 aliphatic rings. The topological polar surface area (TPSA) is 95.7 Å². The Labute approximate surface area is 198 Å². The Balaban J connectivity index is 0.00000320. The number of benzene rings is 1. The lowest BCUT2D eigenvalue weighted by molar-refractivity contribution is -0.133. The number of hydrogen-bond donors (Lipinski definition) is 2. The van der Waals surface area contributed by atoms with Crippen molar-refractivity contribution in [3.63, 3.8) is 0 Å². The maximum absolute atomic E-state index is 12.1. The summed E-state index contributed by atoms with van der Waals surface area (Å²) in [6.45, 7) is 5.93. The van der Waals surface area contributed by atoms with Gasteiger partial charge in [0.15, 0.2) is 5.96 Å². The van der Waals surface area contributed by atoms with E-state index in [9.17, 15) is 4.79 Å². The summed E-state index contributed by atoms with van der Waals surface area (Å²) in [6.07, 6.45) is 1.47. The van der Waals surface area contributed by atoms with E-state index in [1.54, 1.807) is 19.2 Å². The average Bonchev–Trinajstić information content (AvgIpc) is 3.36. The summed E-state index contributed by atoms with van der Waals surface area (Å²) < 4.78 is 5.32. The van der Waals surface area contributed by atoms with E-state index in [4.69, 9.17) is 16.1 Å². The quantitative estimate of drug-likeness (QED) is 0.329. The largest absolute Gasteiger partial charge is 0.356 e. The minimum Gasteiger partial charge on any atom is -0.356 e. The van der Waals surface area contributed by atoms with Crippen LogP contribution in [-0.2, 0) is 11.2 Å². The number of aliphatic imine (C=N–C) groups is 1. The molecule has 0 radical (unpaired) electrons. The second-order valence-electron chi connectivity index (χ2n) is 7.34. The molecule has 1 atom stereocenters. The molecule has 10 heteroatoms. The van der Waals surface area contributed by atoms with Crippen molar-refractivity contribution in [2.24, 2.45) is 10.9 Å². The molecule has 8 nitrogen and oxygen atoms in total. The third-order valence-electron chi connectivity index (χ3n) is 4.74. The second-order valence-corrected chi connectivity index (χ2v) is 7.78. The lowest BCUT2D eigenvalue weighted by Gasteiger charge is -2.20. The number of aromatic nitrogens is 2. The zero-order valence-corrected chi connectivity index (χ0v) is 20.5. The monoisotopic (exact) mass is 546 g/mol. The molecule has 0 spiro atoms. The molecule has 0 bridgehead atoms. The maximum Gasteiger partial charge on any atom is 0.228 e. The lowest BCUT2D eigenvalue weighted by Crippen LogP contribution is -2.45. The Hall–Kier alpha value is -1.88. The van der Waals surface area contributed by atoms with Crippen LogP contribution in [0.1, 0.15) is 26.2 Å². The lowest BCUT2D eigenvalue weighted by atomic mass is 10.2. The summed E-state index contributed by atoms with van der Waals surface area (Å²) >= 11 is 6.01. The molecule has 2 N–H and O–H groups in total. The van der Waals surface area contributed by atoms with Gasteiger partial charge in [-0.3, -0.25) is 9.79 Å². The standard InChI is InChI=1S/C20H27ClN6O2.HI/c1-13(2)19(28)27-10-8-16(12-27)24-20(22-3)23-9-7-17-25-18(26-29-17)14-5-4-6-15(21)11-14;/h4-6,11,13,16H,7-10,12H2,1-3H3,(H2,22,23,24);1H. The molecular weight excluding hydrogens is 519 g/mol. The van der Waals surface area contributed by atoms with Gasteiger partial charge in [0, 0.05) is 55.6 Å². The van der Waals surface area contributed by atoms with Gasteiger partial charge in [-0.1, -0.05) is 42.7 Å². The number of likely N-dealkylation sites (tertiary alicyclic amines) is 1. The summed E-state index contributed by atoms with van der Waals surface area (Å²) in [7, 11) is 1.73. The predicted octanol–water partition coefficient (Wildman–Crippen LogP) is 2.97. The Morgan fingerprint density at radius 3 is 2.93 bits per heavy atom. The highest BCUT2D eigenvalue weighted by Crippen LogP contribution is 2.20. The molecule has 0 saturated carbocycles. The van der Waals surface area contributed by atoms with Crippen LogP contribution in [0.3, 0.4) is 0 Å². The summed E-state index contributed by atoms with van der Waals surface area (Å²) in [5, 5.41) is 11.3. The van der Waals surface area contributed by atoms with E-state index < -0.39 is 0 Å². The van der Waals surface area contributed by atoms with Gasteiger partial charge >= 0.3 is 0 Å². The number of guanidine groups is 1. The molecule has 1 unspecified atom stereocenters. The SMILES string of the molecule is CN=C(NCCc1nc(-c2cccc(Cl)c2)no1)NC1CCN(C(=O)C(C)C)C1.I. The van der Waals surface area contributed by atoms with E-state index in [2.05, 4.69) is 25.8 Å². The summed E-state index contributed by atoms with van der Waals surface area (Å²) in [6, 6.07) is 7.54. The van der Waals surface area contributed by atoms with E-state index in [1.165, 1.54) is 0 Å². The van der Waals surface area contributed by atoms with Crippen LogP contribution in [0.5, 0.6) is 0 Å². The van der Waals surface area contributed by atoms with Crippen molar-refractivity contribution >= 4 is 47.4 Å². The first-order chi connectivity index (χ1) is 14.0. The molecule has 2 heterocycles. The second kappa shape index (κ2) is 11.5. The van der Waals surface area contributed by atoms with Gasteiger partial charge in [0.2, 0.25) is 17.6 Å². The fourth-order valence-corrected chi connectivity index (χ4v) is 3.41. The highest BCUT2D eigenvalue weighted by molar-refractivity contribution is 14.0. The van der Waals surface area contributed by atoms with Crippen molar-refractivity contribution in [1.29, 1.82) is 0 Å². The maximum atomic E-state index is 12.1. The first-order valence-corrected chi connectivity index (χ1v) is 10.2. The van der Waals surface area contributed by atoms with Crippen molar-refractivity contribution in [1.82, 2.24) is 25.7 Å². The predicted molar refractivity (Wildman–Crippen MR) is 128 cm³/mol. The fraction of sp³-hybridized carbons (Fsp3) is 0.500. The number of amides is 1. The zero-order chi connectivity index (χ0) is 20.8. The highest BCUT2D eigenvalue weighted by Gasteiger charge is 2.27. The van der Waals surface area contributed by atoms with Crippen LogP contribution < -0.4 is 10.6 Å². The van der Waals surface area contributed by atoms with Crippen LogP contribution in [0.15, 0.2) is 33.8 Å². The normalized spacial score (nSPS) is 16.5. The highest BCUT2D eigenvalue weighted by atomic mass is 127. The van der Waals surface area contributed by atoms with E-state index in [0.29, 0.717) is 42.2 Å². The minimum absolute atomic E-state index is 0. The number of hydrogen-bond acceptors (Lipinski definition) is 5. The van der Waals surface area contributed by atoms with Crippen molar-refractivity contribution in [3.8, 4) is 11.4 Å². The van der Waals surface area contributed by atoms with Gasteiger partial charge in [0.25, 0.3) is 0 Å². The molecule has 30 heavy (non-hydrogen) atoms. The van der Waals surface area contributed by atoms with Crippen LogP contribution in [0.4, 0.5) is 0 Å². The van der Waals surface area contributed by atoms with Gasteiger partial charge in [0.1, 0.15) is 0 Å². The molecule has 1 amide bonds. The Bertz CT molecular complexity index is 872. The van der Waals surface area contributed by atoms with Crippen molar-refractivity contribution in [3.05, 3.63) is 35.2 Å². The zero-order valence-electron chi connectivity index (χ0n) is 17.4. The molecule has 1 saturated heterocycles. The number of carbonyl (C=O) groups is 1. The van der Waals surface area contributed by atoms with E-state index in [0.717, 1.165) is 18.5 Å². The smallest absolute Gasteiger partial charge is 0.228 e. The number of nitrogens with zero attached hydrogens (tertiary/aromatic N) is 4. The number of halogens is 2. The molecular formula is C20H28ClIN6O2. The van der Waals surface area contributed by atoms with Crippen LogP contribution in [0, 0.1) is 5.92 Å². The molecule has 0 aliphatic carbocycles. The number of nitrogens with one attached hydrogen (secondary N) is 2. The Morgan fingerprint density at radius 2 is 2.23 bits per heavy atom. The molecule has 1 fully saturated rings. The first kappa shape index (κ1) is 24.4. The summed E-state index contributed by atoms with van der Waals surface area (Å²) in [5.74, 6) is 1.98. The Kier molecular flexibility index (Phi) is 9.35. The molecule has 1 aromatic carbocycles. The van der Waals surface area contributed by atoms with Crippen LogP contribution in [-0.4, -0.2) is 59.6 Å². The van der Waals surface area contributed by atoms with Crippen molar-refractivity contribution in [2.75, 3.05) is 26.7 Å². The third kappa shape index (κ3) is 6.56. The van der Waals surface area contributed by atoms with E-state index in [-0.39, 0.29) is 41.8 Å². The minimum atomic E-state index is 0. The molecule has 3 rings (SSSR count). The number of rotatable bonds is 6. The van der Waals surface area contributed by atoms with Crippen molar-refractivity contribution in [2.45, 2.75) is 32.7 Å². The average molecular weight is 547 g/mol. The summed E-state index contributed by atoms with van der Waals surface area (Å²) in [4.78, 5) is 22.7.